The molecule has 1 aromatic heterocycles. The third kappa shape index (κ3) is 5.06. The normalized spacial score (nSPS) is 12.4. The number of carbonyl (C=O) groups is 1. The Morgan fingerprint density at radius 3 is 2.72 bits per heavy atom. The van der Waals surface area contributed by atoms with Gasteiger partial charge in [0.2, 0.25) is 15.9 Å². The van der Waals surface area contributed by atoms with Crippen LogP contribution >= 0.6 is 0 Å². The molecule has 2 aromatic rings. The SMILES string of the molecule is C[C@H](NS(=O)(=O)c1cccc([N+](=O)[O-])c1)C(=O)NCc1cccnc1. The van der Waals surface area contributed by atoms with Crippen molar-refractivity contribution in [2.45, 2.75) is 24.4 Å². The second-order valence-corrected chi connectivity index (χ2v) is 6.89. The average molecular weight is 364 g/mol. The van der Waals surface area contributed by atoms with E-state index in [0.29, 0.717) is 0 Å². The highest BCUT2D eigenvalue weighted by Crippen LogP contribution is 2.17. The molecule has 2 rings (SSSR count). The molecular formula is C15H16N4O5S. The van der Waals surface area contributed by atoms with Crippen LogP contribution in [0.4, 0.5) is 5.69 Å². The number of nitrogens with zero attached hydrogens (tertiary/aromatic N) is 2. The number of nitro benzene ring substituents is 1. The lowest BCUT2D eigenvalue weighted by molar-refractivity contribution is -0.385. The van der Waals surface area contributed by atoms with Crippen molar-refractivity contribution in [3.05, 3.63) is 64.5 Å². The molecule has 0 bridgehead atoms. The molecule has 0 aliphatic rings. The molecule has 0 unspecified atom stereocenters. The van der Waals surface area contributed by atoms with Gasteiger partial charge in [-0.05, 0) is 24.6 Å². The average Bonchev–Trinajstić information content (AvgIpc) is 2.60. The number of rotatable bonds is 7. The first-order valence-corrected chi connectivity index (χ1v) is 8.71. The van der Waals surface area contributed by atoms with Crippen molar-refractivity contribution in [2.24, 2.45) is 0 Å². The number of aromatic nitrogens is 1. The van der Waals surface area contributed by atoms with E-state index in [4.69, 9.17) is 0 Å². The van der Waals surface area contributed by atoms with Gasteiger partial charge in [-0.25, -0.2) is 8.42 Å². The fraction of sp³-hybridized carbons (Fsp3) is 0.200. The molecule has 0 aliphatic carbocycles. The summed E-state index contributed by atoms with van der Waals surface area (Å²) in [6.07, 6.45) is 3.18. The van der Waals surface area contributed by atoms with Gasteiger partial charge < -0.3 is 5.32 Å². The summed E-state index contributed by atoms with van der Waals surface area (Å²) in [6.45, 7) is 1.59. The van der Waals surface area contributed by atoms with Crippen LogP contribution in [0.5, 0.6) is 0 Å². The van der Waals surface area contributed by atoms with Crippen LogP contribution in [0, 0.1) is 10.1 Å². The molecule has 0 saturated heterocycles. The van der Waals surface area contributed by atoms with Crippen LogP contribution in [-0.4, -0.2) is 30.3 Å². The van der Waals surface area contributed by atoms with E-state index in [0.717, 1.165) is 11.6 Å². The van der Waals surface area contributed by atoms with Crippen molar-refractivity contribution in [3.8, 4) is 0 Å². The summed E-state index contributed by atoms with van der Waals surface area (Å²) in [6, 6.07) is 7.03. The topological polar surface area (TPSA) is 131 Å². The number of pyridine rings is 1. The molecule has 0 aliphatic heterocycles. The summed E-state index contributed by atoms with van der Waals surface area (Å²) < 4.78 is 26.7. The first-order chi connectivity index (χ1) is 11.8. The summed E-state index contributed by atoms with van der Waals surface area (Å²) in [5, 5.41) is 13.3. The van der Waals surface area contributed by atoms with Gasteiger partial charge in [-0.3, -0.25) is 19.9 Å². The second kappa shape index (κ2) is 7.81. The van der Waals surface area contributed by atoms with Crippen LogP contribution in [0.25, 0.3) is 0 Å². The van der Waals surface area contributed by atoms with Crippen molar-refractivity contribution >= 4 is 21.6 Å². The lowest BCUT2D eigenvalue weighted by atomic mass is 10.2. The minimum atomic E-state index is -4.07. The second-order valence-electron chi connectivity index (χ2n) is 5.18. The molecule has 1 atom stereocenters. The molecule has 1 amide bonds. The van der Waals surface area contributed by atoms with Crippen LogP contribution in [0.2, 0.25) is 0 Å². The Hall–Kier alpha value is -2.85. The standard InChI is InChI=1S/C15H16N4O5S/c1-11(15(20)17-10-12-4-3-7-16-9-12)18-25(23,24)14-6-2-5-13(8-14)19(21)22/h2-9,11,18H,10H2,1H3,(H,17,20)/t11-/m0/s1. The first-order valence-electron chi connectivity index (χ1n) is 7.23. The number of hydrogen-bond acceptors (Lipinski definition) is 6. The predicted octanol–water partition coefficient (Wildman–Crippen LogP) is 0.973. The molecule has 0 spiro atoms. The molecule has 9 nitrogen and oxygen atoms in total. The van der Waals surface area contributed by atoms with Gasteiger partial charge in [0.25, 0.3) is 5.69 Å². The van der Waals surface area contributed by atoms with Crippen molar-refractivity contribution in [2.75, 3.05) is 0 Å². The number of nitrogens with one attached hydrogen (secondary N) is 2. The molecule has 25 heavy (non-hydrogen) atoms. The van der Waals surface area contributed by atoms with Crippen LogP contribution in [0.3, 0.4) is 0 Å². The lowest BCUT2D eigenvalue weighted by Crippen LogP contribution is -2.44. The van der Waals surface area contributed by atoms with E-state index in [2.05, 4.69) is 15.0 Å². The number of benzene rings is 1. The van der Waals surface area contributed by atoms with Gasteiger partial charge in [-0.15, -0.1) is 0 Å². The molecule has 0 saturated carbocycles. The molecule has 0 radical (unpaired) electrons. The molecule has 132 valence electrons. The van der Waals surface area contributed by atoms with Gasteiger partial charge in [0.1, 0.15) is 0 Å². The Morgan fingerprint density at radius 2 is 2.08 bits per heavy atom. The van der Waals surface area contributed by atoms with Crippen molar-refractivity contribution in [1.29, 1.82) is 0 Å². The third-order valence-corrected chi connectivity index (χ3v) is 4.79. The van der Waals surface area contributed by atoms with Crippen molar-refractivity contribution in [1.82, 2.24) is 15.0 Å². The van der Waals surface area contributed by atoms with E-state index >= 15 is 0 Å². The van der Waals surface area contributed by atoms with E-state index in [1.807, 2.05) is 0 Å². The summed E-state index contributed by atoms with van der Waals surface area (Å²) in [5.74, 6) is -0.530. The van der Waals surface area contributed by atoms with Crippen LogP contribution < -0.4 is 10.0 Å². The summed E-state index contributed by atoms with van der Waals surface area (Å²) in [5.41, 5.74) is 0.418. The van der Waals surface area contributed by atoms with Crippen molar-refractivity contribution < 1.29 is 18.1 Å². The van der Waals surface area contributed by atoms with Gasteiger partial charge in [-0.1, -0.05) is 12.1 Å². The Bertz CT molecular complexity index is 871. The lowest BCUT2D eigenvalue weighted by Gasteiger charge is -2.14. The number of amides is 1. The minimum Gasteiger partial charge on any atom is -0.351 e. The number of carbonyl (C=O) groups excluding carboxylic acids is 1. The maximum absolute atomic E-state index is 12.3. The molecule has 1 aromatic carbocycles. The Labute approximate surface area is 144 Å². The van der Waals surface area contributed by atoms with Crippen LogP contribution in [-0.2, 0) is 21.4 Å². The van der Waals surface area contributed by atoms with E-state index in [1.165, 1.54) is 25.1 Å². The minimum absolute atomic E-state index is 0.204. The van der Waals surface area contributed by atoms with Gasteiger partial charge in [-0.2, -0.15) is 4.72 Å². The fourth-order valence-electron chi connectivity index (χ4n) is 1.96. The largest absolute Gasteiger partial charge is 0.351 e. The summed E-state index contributed by atoms with van der Waals surface area (Å²) in [7, 11) is -4.07. The highest BCUT2D eigenvalue weighted by atomic mass is 32.2. The van der Waals surface area contributed by atoms with E-state index in [-0.39, 0.29) is 17.1 Å². The maximum Gasteiger partial charge on any atom is 0.270 e. The Morgan fingerprint density at radius 1 is 1.32 bits per heavy atom. The Kier molecular flexibility index (Phi) is 5.78. The van der Waals surface area contributed by atoms with Crippen LogP contribution in [0.1, 0.15) is 12.5 Å². The highest BCUT2D eigenvalue weighted by Gasteiger charge is 2.23. The zero-order valence-corrected chi connectivity index (χ0v) is 14.1. The van der Waals surface area contributed by atoms with E-state index in [1.54, 1.807) is 24.5 Å². The van der Waals surface area contributed by atoms with Gasteiger partial charge in [0, 0.05) is 31.1 Å². The quantitative estimate of drug-likeness (QED) is 0.556. The highest BCUT2D eigenvalue weighted by molar-refractivity contribution is 7.89. The molecule has 0 fully saturated rings. The van der Waals surface area contributed by atoms with Crippen LogP contribution in [0.15, 0.2) is 53.7 Å². The number of sulfonamides is 1. The Balaban J connectivity index is 2.02. The van der Waals surface area contributed by atoms with E-state index in [9.17, 15) is 23.3 Å². The molecule has 2 N–H and O–H groups in total. The van der Waals surface area contributed by atoms with Crippen molar-refractivity contribution in [3.63, 3.8) is 0 Å². The summed E-state index contributed by atoms with van der Waals surface area (Å²) in [4.78, 5) is 25.7. The molecular weight excluding hydrogens is 348 g/mol. The monoisotopic (exact) mass is 364 g/mol. The number of hydrogen-bond donors (Lipinski definition) is 2. The zero-order chi connectivity index (χ0) is 18.4. The predicted molar refractivity (Wildman–Crippen MR) is 89.0 cm³/mol. The van der Waals surface area contributed by atoms with E-state index < -0.39 is 26.9 Å². The fourth-order valence-corrected chi connectivity index (χ4v) is 3.21. The zero-order valence-electron chi connectivity index (χ0n) is 13.2. The summed E-state index contributed by atoms with van der Waals surface area (Å²) >= 11 is 0. The third-order valence-electron chi connectivity index (χ3n) is 3.25. The first kappa shape index (κ1) is 18.5. The molecule has 10 heteroatoms. The number of nitro groups is 1. The smallest absolute Gasteiger partial charge is 0.270 e. The molecule has 1 heterocycles. The van der Waals surface area contributed by atoms with Gasteiger partial charge in [0.05, 0.1) is 15.9 Å². The van der Waals surface area contributed by atoms with Gasteiger partial charge >= 0.3 is 0 Å². The van der Waals surface area contributed by atoms with Gasteiger partial charge in [0.15, 0.2) is 0 Å². The maximum atomic E-state index is 12.3. The number of non-ortho nitro benzene ring substituents is 1.